The van der Waals surface area contributed by atoms with Gasteiger partial charge in [0.2, 0.25) is 5.95 Å². The summed E-state index contributed by atoms with van der Waals surface area (Å²) in [6, 6.07) is 15.9. The molecule has 7 nitrogen and oxygen atoms in total. The number of carbonyl (C=O) groups is 2. The fourth-order valence-corrected chi connectivity index (χ4v) is 4.03. The van der Waals surface area contributed by atoms with Crippen molar-refractivity contribution in [3.8, 4) is 0 Å². The van der Waals surface area contributed by atoms with Crippen molar-refractivity contribution in [3.05, 3.63) is 60.9 Å². The topological polar surface area (TPSA) is 75.6 Å². The lowest BCUT2D eigenvalue weighted by atomic mass is 10.1. The highest BCUT2D eigenvalue weighted by molar-refractivity contribution is 8.00. The Bertz CT molecular complexity index is 1020. The first-order valence-corrected chi connectivity index (χ1v) is 10.7. The number of fused-ring (bicyclic) bond motifs is 1. The van der Waals surface area contributed by atoms with Gasteiger partial charge in [-0.1, -0.05) is 30.3 Å². The molecule has 1 aromatic heterocycles. The molecule has 0 saturated carbocycles. The highest BCUT2D eigenvalue weighted by atomic mass is 32.2. The molecular formula is C22H22N4O3S. The highest BCUT2D eigenvalue weighted by Crippen LogP contribution is 2.23. The van der Waals surface area contributed by atoms with Gasteiger partial charge in [0.1, 0.15) is 0 Å². The zero-order valence-electron chi connectivity index (χ0n) is 16.4. The van der Waals surface area contributed by atoms with Crippen LogP contribution in [0.15, 0.2) is 65.8 Å². The zero-order valence-corrected chi connectivity index (χ0v) is 17.3. The van der Waals surface area contributed by atoms with Crippen LogP contribution in [-0.4, -0.2) is 65.3 Å². The lowest BCUT2D eigenvalue weighted by Crippen LogP contribution is -2.50. The van der Waals surface area contributed by atoms with E-state index in [4.69, 9.17) is 4.74 Å². The first kappa shape index (κ1) is 20.2. The summed E-state index contributed by atoms with van der Waals surface area (Å²) in [5.41, 5.74) is 0. The summed E-state index contributed by atoms with van der Waals surface area (Å²) in [5.74, 6) is 0.275. The molecule has 154 valence electrons. The van der Waals surface area contributed by atoms with Crippen LogP contribution in [0.25, 0.3) is 10.8 Å². The lowest BCUT2D eigenvalue weighted by Gasteiger charge is -2.34. The van der Waals surface area contributed by atoms with Gasteiger partial charge in [-0.15, -0.1) is 11.8 Å². The molecule has 1 saturated heterocycles. The largest absolute Gasteiger partial charge is 0.455 e. The average molecular weight is 423 g/mol. The number of thioether (sulfide) groups is 1. The summed E-state index contributed by atoms with van der Waals surface area (Å²) in [5, 5.41) is 2.29. The van der Waals surface area contributed by atoms with Crippen LogP contribution >= 0.6 is 11.8 Å². The van der Waals surface area contributed by atoms with Crippen LogP contribution < -0.4 is 4.90 Å². The van der Waals surface area contributed by atoms with Crippen molar-refractivity contribution in [1.82, 2.24) is 14.9 Å². The van der Waals surface area contributed by atoms with E-state index in [2.05, 4.69) is 16.0 Å². The van der Waals surface area contributed by atoms with Gasteiger partial charge in [0.25, 0.3) is 5.91 Å². The van der Waals surface area contributed by atoms with Gasteiger partial charge in [0, 0.05) is 43.5 Å². The van der Waals surface area contributed by atoms with E-state index in [1.54, 1.807) is 23.4 Å². The van der Waals surface area contributed by atoms with Gasteiger partial charge in [0.05, 0.1) is 5.75 Å². The first-order chi connectivity index (χ1) is 14.7. The second-order valence-electron chi connectivity index (χ2n) is 6.87. The minimum absolute atomic E-state index is 0.171. The maximum atomic E-state index is 12.4. The minimum atomic E-state index is -0.391. The molecule has 0 radical (unpaired) electrons. The smallest absolute Gasteiger partial charge is 0.316 e. The molecule has 8 heteroatoms. The number of piperazine rings is 1. The number of hydrogen-bond donors (Lipinski definition) is 0. The van der Waals surface area contributed by atoms with Crippen LogP contribution in [0.1, 0.15) is 0 Å². The Balaban J connectivity index is 1.19. The summed E-state index contributed by atoms with van der Waals surface area (Å²) in [4.78, 5) is 37.6. The maximum Gasteiger partial charge on any atom is 0.316 e. The molecule has 2 aromatic carbocycles. The van der Waals surface area contributed by atoms with Gasteiger partial charge in [-0.05, 0) is 29.0 Å². The Morgan fingerprint density at radius 2 is 1.67 bits per heavy atom. The lowest BCUT2D eigenvalue weighted by molar-refractivity contribution is -0.150. The van der Waals surface area contributed by atoms with E-state index in [1.807, 2.05) is 41.3 Å². The van der Waals surface area contributed by atoms with Crippen molar-refractivity contribution >= 4 is 40.4 Å². The molecule has 0 spiro atoms. The number of rotatable bonds is 6. The van der Waals surface area contributed by atoms with Crippen molar-refractivity contribution < 1.29 is 14.3 Å². The number of esters is 1. The molecule has 1 amide bonds. The quantitative estimate of drug-likeness (QED) is 0.446. The van der Waals surface area contributed by atoms with Crippen LogP contribution in [0, 0.1) is 0 Å². The molecule has 30 heavy (non-hydrogen) atoms. The Kier molecular flexibility index (Phi) is 6.44. The monoisotopic (exact) mass is 422 g/mol. The molecule has 0 aliphatic carbocycles. The number of benzene rings is 2. The summed E-state index contributed by atoms with van der Waals surface area (Å²) >= 11 is 1.41. The van der Waals surface area contributed by atoms with Crippen LogP contribution in [0.3, 0.4) is 0 Å². The fraction of sp³-hybridized carbons (Fsp3) is 0.273. The van der Waals surface area contributed by atoms with E-state index >= 15 is 0 Å². The molecule has 4 rings (SSSR count). The van der Waals surface area contributed by atoms with Gasteiger partial charge in [-0.25, -0.2) is 9.97 Å². The SMILES string of the molecule is O=C(CSc1ccc2ccccc2c1)OCC(=O)N1CCN(c2ncccn2)CC1. The molecule has 1 fully saturated rings. The third kappa shape index (κ3) is 5.07. The summed E-state index contributed by atoms with van der Waals surface area (Å²) in [6.07, 6.45) is 3.41. The van der Waals surface area contributed by atoms with Crippen LogP contribution in [0.2, 0.25) is 0 Å². The number of nitrogens with zero attached hydrogens (tertiary/aromatic N) is 4. The Hall–Kier alpha value is -3.13. The number of aromatic nitrogens is 2. The summed E-state index contributed by atoms with van der Waals surface area (Å²) in [7, 11) is 0. The molecule has 3 aromatic rings. The summed E-state index contributed by atoms with van der Waals surface area (Å²) < 4.78 is 5.19. The van der Waals surface area contributed by atoms with Crippen LogP contribution in [0.4, 0.5) is 5.95 Å². The number of amides is 1. The van der Waals surface area contributed by atoms with Crippen molar-refractivity contribution in [3.63, 3.8) is 0 Å². The molecule has 0 bridgehead atoms. The van der Waals surface area contributed by atoms with Gasteiger partial charge in [-0.3, -0.25) is 9.59 Å². The van der Waals surface area contributed by atoms with E-state index in [0.29, 0.717) is 32.1 Å². The van der Waals surface area contributed by atoms with E-state index < -0.39 is 5.97 Å². The Morgan fingerprint density at radius 1 is 0.933 bits per heavy atom. The van der Waals surface area contributed by atoms with Gasteiger partial charge in [0.15, 0.2) is 6.61 Å². The van der Waals surface area contributed by atoms with Crippen molar-refractivity contribution in [2.45, 2.75) is 4.90 Å². The highest BCUT2D eigenvalue weighted by Gasteiger charge is 2.23. The fourth-order valence-electron chi connectivity index (χ4n) is 3.29. The number of ether oxygens (including phenoxy) is 1. The Labute approximate surface area is 179 Å². The molecule has 0 N–H and O–H groups in total. The molecule has 1 aliphatic rings. The number of carbonyl (C=O) groups excluding carboxylic acids is 2. The summed E-state index contributed by atoms with van der Waals surface area (Å²) in [6.45, 7) is 2.20. The van der Waals surface area contributed by atoms with Crippen molar-refractivity contribution in [1.29, 1.82) is 0 Å². The van der Waals surface area contributed by atoms with E-state index in [-0.39, 0.29) is 18.3 Å². The molecule has 1 aliphatic heterocycles. The average Bonchev–Trinajstić information content (AvgIpc) is 2.81. The van der Waals surface area contributed by atoms with Crippen molar-refractivity contribution in [2.75, 3.05) is 43.4 Å². The minimum Gasteiger partial charge on any atom is -0.455 e. The zero-order chi connectivity index (χ0) is 20.8. The molecule has 2 heterocycles. The predicted molar refractivity (Wildman–Crippen MR) is 116 cm³/mol. The second-order valence-corrected chi connectivity index (χ2v) is 7.92. The predicted octanol–water partition coefficient (Wildman–Crippen LogP) is 2.61. The second kappa shape index (κ2) is 9.58. The normalized spacial score (nSPS) is 14.0. The van der Waals surface area contributed by atoms with Crippen molar-refractivity contribution in [2.24, 2.45) is 0 Å². The van der Waals surface area contributed by atoms with Gasteiger partial charge in [-0.2, -0.15) is 0 Å². The van der Waals surface area contributed by atoms with Gasteiger partial charge < -0.3 is 14.5 Å². The maximum absolute atomic E-state index is 12.4. The molecule has 0 unspecified atom stereocenters. The molecular weight excluding hydrogens is 400 g/mol. The third-order valence-corrected chi connectivity index (χ3v) is 5.87. The van der Waals surface area contributed by atoms with E-state index in [0.717, 1.165) is 15.7 Å². The first-order valence-electron chi connectivity index (χ1n) is 9.76. The van der Waals surface area contributed by atoms with E-state index in [9.17, 15) is 9.59 Å². The third-order valence-electron chi connectivity index (χ3n) is 4.90. The van der Waals surface area contributed by atoms with Crippen LogP contribution in [0.5, 0.6) is 0 Å². The van der Waals surface area contributed by atoms with E-state index in [1.165, 1.54) is 11.8 Å². The van der Waals surface area contributed by atoms with Gasteiger partial charge >= 0.3 is 5.97 Å². The number of hydrogen-bond acceptors (Lipinski definition) is 7. The van der Waals surface area contributed by atoms with Crippen LogP contribution in [-0.2, 0) is 14.3 Å². The Morgan fingerprint density at radius 3 is 2.43 bits per heavy atom. The number of anilines is 1. The standard InChI is InChI=1S/C22H22N4O3S/c27-20(25-10-12-26(13-11-25)22-23-8-3-9-24-22)15-29-21(28)16-30-19-7-6-17-4-1-2-5-18(17)14-19/h1-9,14H,10-13,15-16H2. The molecule has 0 atom stereocenters.